The van der Waals surface area contributed by atoms with Gasteiger partial charge in [0.05, 0.1) is 26.4 Å². The molecule has 21 nitrogen and oxygen atoms in total. The van der Waals surface area contributed by atoms with Crippen LogP contribution >= 0.6 is 0 Å². The lowest BCUT2D eigenvalue weighted by Gasteiger charge is -2.49. The summed E-state index contributed by atoms with van der Waals surface area (Å²) in [6, 6.07) is 0. The number of hydrogen-bond acceptors (Lipinski definition) is 21. The molecular formula is C25H44O21. The maximum atomic E-state index is 11.2. The summed E-state index contributed by atoms with van der Waals surface area (Å²) in [7, 11) is 1.13. The highest BCUT2D eigenvalue weighted by Crippen LogP contribution is 2.34. The van der Waals surface area contributed by atoms with Crippen molar-refractivity contribution in [1.82, 2.24) is 0 Å². The molecule has 13 N–H and O–H groups in total. The van der Waals surface area contributed by atoms with Gasteiger partial charge in [-0.2, -0.15) is 0 Å². The Morgan fingerprint density at radius 1 is 0.413 bits per heavy atom. The fraction of sp³-hybridized carbons (Fsp3) is 1.00. The van der Waals surface area contributed by atoms with Crippen LogP contribution in [0.3, 0.4) is 0 Å². The number of rotatable bonds is 11. The van der Waals surface area contributed by atoms with E-state index in [0.29, 0.717) is 0 Å². The van der Waals surface area contributed by atoms with Crippen molar-refractivity contribution in [3.05, 3.63) is 0 Å². The van der Waals surface area contributed by atoms with Crippen LogP contribution in [0.2, 0.25) is 0 Å². The van der Waals surface area contributed by atoms with Gasteiger partial charge in [-0.15, -0.1) is 0 Å². The van der Waals surface area contributed by atoms with Gasteiger partial charge >= 0.3 is 0 Å². The van der Waals surface area contributed by atoms with E-state index in [2.05, 4.69) is 0 Å². The highest BCUT2D eigenvalue weighted by atomic mass is 16.8. The van der Waals surface area contributed by atoms with E-state index in [-0.39, 0.29) is 0 Å². The van der Waals surface area contributed by atoms with Gasteiger partial charge in [0.2, 0.25) is 0 Å². The van der Waals surface area contributed by atoms with Crippen molar-refractivity contribution in [1.29, 1.82) is 0 Å². The fourth-order valence-electron chi connectivity index (χ4n) is 5.61. The summed E-state index contributed by atoms with van der Waals surface area (Å²) < 4.78 is 44.4. The van der Waals surface area contributed by atoms with Crippen LogP contribution in [0.25, 0.3) is 0 Å². The second-order valence-corrected chi connectivity index (χ2v) is 11.4. The zero-order valence-electron chi connectivity index (χ0n) is 24.5. The molecule has 0 aromatic carbocycles. The second-order valence-electron chi connectivity index (χ2n) is 11.4. The fourth-order valence-corrected chi connectivity index (χ4v) is 5.61. The topological polar surface area (TPSA) is 337 Å². The van der Waals surface area contributed by atoms with Gasteiger partial charge in [-0.1, -0.05) is 0 Å². The van der Waals surface area contributed by atoms with Gasteiger partial charge in [0, 0.05) is 7.11 Å². The van der Waals surface area contributed by atoms with Crippen LogP contribution in [0.5, 0.6) is 0 Å². The number of aliphatic hydroxyl groups excluding tert-OH is 13. The largest absolute Gasteiger partial charge is 0.394 e. The Bertz CT molecular complexity index is 928. The molecule has 4 aliphatic heterocycles. The zero-order valence-corrected chi connectivity index (χ0v) is 24.5. The molecule has 4 heterocycles. The van der Waals surface area contributed by atoms with Crippen molar-refractivity contribution < 1.29 is 104 Å². The van der Waals surface area contributed by atoms with Crippen molar-refractivity contribution in [3.63, 3.8) is 0 Å². The summed E-state index contributed by atoms with van der Waals surface area (Å²) in [5.41, 5.74) is 0. The lowest BCUT2D eigenvalue weighted by molar-refractivity contribution is -0.389. The van der Waals surface area contributed by atoms with E-state index in [1.165, 1.54) is 0 Å². The molecule has 46 heavy (non-hydrogen) atoms. The smallest absolute Gasteiger partial charge is 0.187 e. The average molecular weight is 681 g/mol. The summed E-state index contributed by atoms with van der Waals surface area (Å²) in [5.74, 6) is 0. The molecule has 0 aliphatic carbocycles. The van der Waals surface area contributed by atoms with Crippen molar-refractivity contribution >= 4 is 0 Å². The van der Waals surface area contributed by atoms with Crippen LogP contribution in [0.1, 0.15) is 0 Å². The lowest BCUT2D eigenvalue weighted by atomic mass is 9.95. The monoisotopic (exact) mass is 680 g/mol. The molecule has 20 unspecified atom stereocenters. The molecule has 4 fully saturated rings. The van der Waals surface area contributed by atoms with E-state index < -0.39 is 149 Å². The van der Waals surface area contributed by atoms with E-state index in [4.69, 9.17) is 37.9 Å². The highest BCUT2D eigenvalue weighted by Gasteiger charge is 2.55. The second kappa shape index (κ2) is 16.2. The Balaban J connectivity index is 1.64. The molecule has 0 amide bonds. The SMILES string of the molecule is COC1OC(COC2OC(CO)C(O)C(O)C2O)C(OC2OC(CO)C(O)C(O)C2O)C(OC2OC(CO)C(O)C(O)C2O)C1O. The normalized spacial score (nSPS) is 52.0. The maximum Gasteiger partial charge on any atom is 0.187 e. The Hall–Kier alpha value is -0.840. The first-order valence-electron chi connectivity index (χ1n) is 14.5. The predicted octanol–water partition coefficient (Wildman–Crippen LogP) is -9.09. The van der Waals surface area contributed by atoms with Crippen molar-refractivity contribution in [3.8, 4) is 0 Å². The summed E-state index contributed by atoms with van der Waals surface area (Å²) in [4.78, 5) is 0. The van der Waals surface area contributed by atoms with Gasteiger partial charge in [-0.05, 0) is 0 Å². The Kier molecular flexibility index (Phi) is 13.4. The van der Waals surface area contributed by atoms with E-state index in [1.807, 2.05) is 0 Å². The van der Waals surface area contributed by atoms with Gasteiger partial charge in [-0.25, -0.2) is 0 Å². The van der Waals surface area contributed by atoms with Crippen LogP contribution in [0.4, 0.5) is 0 Å². The van der Waals surface area contributed by atoms with Crippen LogP contribution in [-0.2, 0) is 37.9 Å². The summed E-state index contributed by atoms with van der Waals surface area (Å²) in [6.45, 7) is -3.08. The van der Waals surface area contributed by atoms with Crippen LogP contribution in [0.15, 0.2) is 0 Å². The molecule has 4 aliphatic rings. The molecule has 21 heteroatoms. The molecular weight excluding hydrogens is 636 g/mol. The van der Waals surface area contributed by atoms with Crippen LogP contribution < -0.4 is 0 Å². The third-order valence-corrected chi connectivity index (χ3v) is 8.40. The minimum Gasteiger partial charge on any atom is -0.394 e. The summed E-state index contributed by atoms with van der Waals surface area (Å²) >= 11 is 0. The average Bonchev–Trinajstić information content (AvgIpc) is 3.05. The predicted molar refractivity (Wildman–Crippen MR) is 139 cm³/mol. The first-order chi connectivity index (χ1) is 21.8. The minimum absolute atomic E-state index is 0.675. The van der Waals surface area contributed by atoms with Gasteiger partial charge < -0.3 is 104 Å². The van der Waals surface area contributed by atoms with Gasteiger partial charge in [-0.3, -0.25) is 0 Å². The van der Waals surface area contributed by atoms with Gasteiger partial charge in [0.15, 0.2) is 25.2 Å². The minimum atomic E-state index is -1.96. The van der Waals surface area contributed by atoms with Crippen LogP contribution in [-0.4, -0.2) is 223 Å². The molecule has 20 atom stereocenters. The van der Waals surface area contributed by atoms with Crippen molar-refractivity contribution in [2.24, 2.45) is 0 Å². The molecule has 0 aromatic rings. The Morgan fingerprint density at radius 3 is 1.20 bits per heavy atom. The molecule has 0 saturated carbocycles. The summed E-state index contributed by atoms with van der Waals surface area (Å²) in [6.07, 6.45) is -34.4. The third-order valence-electron chi connectivity index (χ3n) is 8.40. The first-order valence-corrected chi connectivity index (χ1v) is 14.5. The standard InChI is InChI=1S/C25H44O21/c1-39-22-19(38)21(46-25-18(37)15(34)12(31)8(4-28)43-25)20(45-24-17(36)14(33)11(30)7(3-27)42-24)9(44-22)5-40-23-16(35)13(32)10(29)6(2-26)41-23/h6-38H,2-5H2,1H3. The van der Waals surface area contributed by atoms with E-state index in [9.17, 15) is 66.4 Å². The van der Waals surface area contributed by atoms with Crippen LogP contribution in [0, 0.1) is 0 Å². The first kappa shape index (κ1) is 38.0. The highest BCUT2D eigenvalue weighted by molar-refractivity contribution is 4.97. The van der Waals surface area contributed by atoms with E-state index in [0.717, 1.165) is 7.11 Å². The number of ether oxygens (including phenoxy) is 8. The molecule has 0 spiro atoms. The molecule has 4 rings (SSSR count). The van der Waals surface area contributed by atoms with Crippen molar-refractivity contribution in [2.75, 3.05) is 33.5 Å². The summed E-state index contributed by atoms with van der Waals surface area (Å²) in [5, 5.41) is 133. The quantitative estimate of drug-likeness (QED) is 0.0963. The van der Waals surface area contributed by atoms with Gasteiger partial charge in [0.25, 0.3) is 0 Å². The Labute approximate surface area is 261 Å². The Morgan fingerprint density at radius 2 is 0.783 bits per heavy atom. The van der Waals surface area contributed by atoms with Gasteiger partial charge in [0.1, 0.15) is 97.7 Å². The number of aliphatic hydroxyl groups is 13. The van der Waals surface area contributed by atoms with Crippen molar-refractivity contribution in [2.45, 2.75) is 123 Å². The molecule has 0 radical (unpaired) electrons. The molecule has 4 saturated heterocycles. The number of hydrogen-bond donors (Lipinski definition) is 13. The van der Waals surface area contributed by atoms with E-state index in [1.54, 1.807) is 0 Å². The zero-order chi connectivity index (χ0) is 34.0. The van der Waals surface area contributed by atoms with E-state index >= 15 is 0 Å². The maximum absolute atomic E-state index is 11.2. The number of methoxy groups -OCH3 is 1. The molecule has 0 bridgehead atoms. The lowest BCUT2D eigenvalue weighted by Crippen LogP contribution is -2.67. The third kappa shape index (κ3) is 7.65. The molecule has 0 aromatic heterocycles. The molecule has 270 valence electrons.